The summed E-state index contributed by atoms with van der Waals surface area (Å²) in [5, 5.41) is 0. The molecule has 1 saturated heterocycles. The highest BCUT2D eigenvalue weighted by atomic mass is 32.2. The molecule has 0 aliphatic carbocycles. The number of Topliss-reactive ketones (excluding diaryl/α,β-unsaturated/α-hetero) is 1. The Morgan fingerprint density at radius 3 is 2.06 bits per heavy atom. The molecule has 0 spiro atoms. The van der Waals surface area contributed by atoms with Gasteiger partial charge in [-0.2, -0.15) is 4.31 Å². The predicted octanol–water partition coefficient (Wildman–Crippen LogP) is 3.22. The summed E-state index contributed by atoms with van der Waals surface area (Å²) in [6.45, 7) is 2.41. The van der Waals surface area contributed by atoms with Crippen LogP contribution in [0.25, 0.3) is 0 Å². The number of amides is 1. The normalized spacial score (nSPS) is 14.6. The van der Waals surface area contributed by atoms with E-state index < -0.39 is 10.0 Å². The molecule has 3 aromatic rings. The molecule has 2 heterocycles. The number of aromatic nitrogens is 1. The summed E-state index contributed by atoms with van der Waals surface area (Å²) < 4.78 is 32.9. The number of rotatable bonds is 6. The van der Waals surface area contributed by atoms with Crippen LogP contribution < -0.4 is 4.74 Å². The van der Waals surface area contributed by atoms with Crippen molar-refractivity contribution < 1.29 is 22.7 Å². The Hall–Kier alpha value is -3.56. The lowest BCUT2D eigenvalue weighted by Crippen LogP contribution is -2.50. The highest BCUT2D eigenvalue weighted by Crippen LogP contribution is 2.22. The molecular formula is C24H23N3O5S. The molecule has 1 aliphatic rings. The van der Waals surface area contributed by atoms with Crippen LogP contribution in [0.3, 0.4) is 0 Å². The van der Waals surface area contributed by atoms with Crippen LogP contribution in [0.2, 0.25) is 0 Å². The molecule has 0 unspecified atom stereocenters. The van der Waals surface area contributed by atoms with Crippen molar-refractivity contribution in [2.24, 2.45) is 0 Å². The van der Waals surface area contributed by atoms with E-state index in [1.165, 1.54) is 35.5 Å². The Morgan fingerprint density at radius 1 is 0.848 bits per heavy atom. The van der Waals surface area contributed by atoms with E-state index in [1.807, 2.05) is 0 Å². The number of sulfonamides is 1. The minimum atomic E-state index is -3.69. The number of benzene rings is 2. The van der Waals surface area contributed by atoms with Crippen molar-refractivity contribution in [3.8, 4) is 11.5 Å². The van der Waals surface area contributed by atoms with Crippen LogP contribution in [-0.2, 0) is 10.0 Å². The van der Waals surface area contributed by atoms with Crippen molar-refractivity contribution >= 4 is 21.7 Å². The lowest BCUT2D eigenvalue weighted by molar-refractivity contribution is 0.0697. The minimum Gasteiger partial charge on any atom is -0.456 e. The maximum absolute atomic E-state index is 12.9. The van der Waals surface area contributed by atoms with Gasteiger partial charge in [-0.1, -0.05) is 12.1 Å². The van der Waals surface area contributed by atoms with Gasteiger partial charge >= 0.3 is 0 Å². The third kappa shape index (κ3) is 5.10. The predicted molar refractivity (Wildman–Crippen MR) is 122 cm³/mol. The molecule has 0 saturated carbocycles. The van der Waals surface area contributed by atoms with Crippen molar-refractivity contribution in [2.75, 3.05) is 26.2 Å². The van der Waals surface area contributed by atoms with Crippen molar-refractivity contribution in [1.29, 1.82) is 0 Å². The Bertz CT molecular complexity index is 1240. The maximum Gasteiger partial charge on any atom is 0.253 e. The van der Waals surface area contributed by atoms with Gasteiger partial charge in [0.05, 0.1) is 11.1 Å². The molecule has 0 radical (unpaired) electrons. The van der Waals surface area contributed by atoms with E-state index in [0.717, 1.165) is 0 Å². The third-order valence-electron chi connectivity index (χ3n) is 5.40. The first-order chi connectivity index (χ1) is 15.8. The van der Waals surface area contributed by atoms with Crippen LogP contribution in [0.15, 0.2) is 78.0 Å². The van der Waals surface area contributed by atoms with E-state index in [4.69, 9.17) is 4.74 Å². The highest BCUT2D eigenvalue weighted by molar-refractivity contribution is 7.89. The average Bonchev–Trinajstić information content (AvgIpc) is 2.85. The zero-order valence-corrected chi connectivity index (χ0v) is 18.9. The summed E-state index contributed by atoms with van der Waals surface area (Å²) in [5.41, 5.74) is 0.964. The van der Waals surface area contributed by atoms with Crippen molar-refractivity contribution in [1.82, 2.24) is 14.2 Å². The lowest BCUT2D eigenvalue weighted by atomic mass is 10.2. The summed E-state index contributed by atoms with van der Waals surface area (Å²) in [7, 11) is -3.69. The van der Waals surface area contributed by atoms with Crippen molar-refractivity contribution in [3.63, 3.8) is 0 Å². The van der Waals surface area contributed by atoms with Crippen LogP contribution in [0.4, 0.5) is 0 Å². The molecule has 0 atom stereocenters. The first-order valence-corrected chi connectivity index (χ1v) is 11.9. The Morgan fingerprint density at radius 2 is 1.48 bits per heavy atom. The van der Waals surface area contributed by atoms with Gasteiger partial charge in [-0.3, -0.25) is 14.6 Å². The first-order valence-electron chi connectivity index (χ1n) is 10.4. The van der Waals surface area contributed by atoms with E-state index >= 15 is 0 Å². The number of pyridine rings is 1. The number of carbonyl (C=O) groups excluding carboxylic acids is 2. The summed E-state index contributed by atoms with van der Waals surface area (Å²) in [5.74, 6) is 0.907. The van der Waals surface area contributed by atoms with Gasteiger partial charge in [0, 0.05) is 43.5 Å². The van der Waals surface area contributed by atoms with Crippen molar-refractivity contribution in [3.05, 3.63) is 84.2 Å². The molecule has 1 aliphatic heterocycles. The molecular weight excluding hydrogens is 442 g/mol. The van der Waals surface area contributed by atoms with Gasteiger partial charge < -0.3 is 9.64 Å². The van der Waals surface area contributed by atoms with Crippen LogP contribution in [0.5, 0.6) is 11.5 Å². The number of hydrogen-bond donors (Lipinski definition) is 0. The largest absolute Gasteiger partial charge is 0.456 e. The lowest BCUT2D eigenvalue weighted by Gasteiger charge is -2.34. The number of carbonyl (C=O) groups is 2. The van der Waals surface area contributed by atoms with E-state index in [1.54, 1.807) is 53.7 Å². The SMILES string of the molecule is CC(=O)c1ccc(S(=O)(=O)N2CCN(C(=O)c3ccc(Oc4cccnc4)cc3)CC2)cc1. The molecule has 2 aromatic carbocycles. The van der Waals surface area contributed by atoms with Crippen molar-refractivity contribution in [2.45, 2.75) is 11.8 Å². The summed E-state index contributed by atoms with van der Waals surface area (Å²) in [6.07, 6.45) is 3.26. The number of ether oxygens (including phenoxy) is 1. The monoisotopic (exact) mass is 465 g/mol. The van der Waals surface area contributed by atoms with Gasteiger partial charge in [-0.25, -0.2) is 8.42 Å². The summed E-state index contributed by atoms with van der Waals surface area (Å²) in [4.78, 5) is 30.1. The topological polar surface area (TPSA) is 96.9 Å². The zero-order chi connectivity index (χ0) is 23.4. The minimum absolute atomic E-state index is 0.122. The molecule has 33 heavy (non-hydrogen) atoms. The fourth-order valence-corrected chi connectivity index (χ4v) is 4.96. The molecule has 1 fully saturated rings. The van der Waals surface area contributed by atoms with E-state index in [9.17, 15) is 18.0 Å². The van der Waals surface area contributed by atoms with Crippen LogP contribution in [0, 0.1) is 0 Å². The number of hydrogen-bond acceptors (Lipinski definition) is 6. The third-order valence-corrected chi connectivity index (χ3v) is 7.31. The van der Waals surface area contributed by atoms with Crippen LogP contribution >= 0.6 is 0 Å². The van der Waals surface area contributed by atoms with Gasteiger partial charge in [0.2, 0.25) is 10.0 Å². The van der Waals surface area contributed by atoms with Gasteiger partial charge in [0.25, 0.3) is 5.91 Å². The molecule has 170 valence electrons. The Labute approximate surface area is 192 Å². The van der Waals surface area contributed by atoms with Crippen LogP contribution in [-0.4, -0.2) is 60.5 Å². The van der Waals surface area contributed by atoms with Gasteiger partial charge in [-0.05, 0) is 55.5 Å². The van der Waals surface area contributed by atoms with E-state index in [0.29, 0.717) is 22.6 Å². The fourth-order valence-electron chi connectivity index (χ4n) is 3.53. The van der Waals surface area contributed by atoms with Crippen LogP contribution in [0.1, 0.15) is 27.6 Å². The molecule has 4 rings (SSSR count). The zero-order valence-electron chi connectivity index (χ0n) is 18.0. The number of ketones is 1. The Kier molecular flexibility index (Phi) is 6.52. The quantitative estimate of drug-likeness (QED) is 0.519. The van der Waals surface area contributed by atoms with E-state index in [2.05, 4.69) is 4.98 Å². The van der Waals surface area contributed by atoms with Gasteiger partial charge in [-0.15, -0.1) is 0 Å². The molecule has 0 N–H and O–H groups in total. The summed E-state index contributed by atoms with van der Waals surface area (Å²) in [6, 6.07) is 16.3. The molecule has 0 bridgehead atoms. The smallest absolute Gasteiger partial charge is 0.253 e. The fraction of sp³-hybridized carbons (Fsp3) is 0.208. The molecule has 8 nitrogen and oxygen atoms in total. The Balaban J connectivity index is 1.37. The second kappa shape index (κ2) is 9.51. The maximum atomic E-state index is 12.9. The molecule has 9 heteroatoms. The second-order valence-electron chi connectivity index (χ2n) is 7.59. The first kappa shape index (κ1) is 22.6. The van der Waals surface area contributed by atoms with Gasteiger partial charge in [0.1, 0.15) is 11.5 Å². The number of piperazine rings is 1. The number of nitrogens with zero attached hydrogens (tertiary/aromatic N) is 3. The molecule has 1 amide bonds. The summed E-state index contributed by atoms with van der Waals surface area (Å²) >= 11 is 0. The second-order valence-corrected chi connectivity index (χ2v) is 9.53. The average molecular weight is 466 g/mol. The standard InChI is InChI=1S/C24H23N3O5S/c1-18(28)19-6-10-23(11-7-19)33(30,31)27-15-13-26(14-16-27)24(29)20-4-8-21(9-5-20)32-22-3-2-12-25-17-22/h2-12,17H,13-16H2,1H3. The van der Waals surface area contributed by atoms with Gasteiger partial charge in [0.15, 0.2) is 5.78 Å². The molecule has 1 aromatic heterocycles. The van der Waals surface area contributed by atoms with E-state index in [-0.39, 0.29) is 42.8 Å². The highest BCUT2D eigenvalue weighted by Gasteiger charge is 2.30.